The van der Waals surface area contributed by atoms with Gasteiger partial charge in [0.25, 0.3) is 0 Å². The molecule has 2 aliphatic heterocycles. The molecule has 1 N–H and O–H groups in total. The topological polar surface area (TPSA) is 15.3 Å². The molecular weight excluding hydrogens is 227 g/mol. The van der Waals surface area contributed by atoms with Crippen LogP contribution >= 0.6 is 0 Å². The Morgan fingerprint density at radius 2 is 2.28 bits per heavy atom. The van der Waals surface area contributed by atoms with Crippen molar-refractivity contribution in [2.75, 3.05) is 33.2 Å². The van der Waals surface area contributed by atoms with Crippen molar-refractivity contribution in [1.82, 2.24) is 10.2 Å². The molecule has 3 rings (SSSR count). The van der Waals surface area contributed by atoms with Crippen LogP contribution in [0.2, 0.25) is 0 Å². The molecule has 0 bridgehead atoms. The molecule has 1 spiro atoms. The van der Waals surface area contributed by atoms with E-state index in [1.165, 1.54) is 25.5 Å². The van der Waals surface area contributed by atoms with Gasteiger partial charge in [0.15, 0.2) is 0 Å². The fourth-order valence-electron chi connectivity index (χ4n) is 3.77. The highest BCUT2D eigenvalue weighted by atomic mass is 19.1. The van der Waals surface area contributed by atoms with E-state index in [-0.39, 0.29) is 5.82 Å². The Balaban J connectivity index is 1.93. The number of rotatable bonds is 1. The number of benzene rings is 1. The lowest BCUT2D eigenvalue weighted by atomic mass is 9.67. The lowest BCUT2D eigenvalue weighted by Crippen LogP contribution is -2.45. The van der Waals surface area contributed by atoms with E-state index in [1.807, 2.05) is 6.07 Å². The summed E-state index contributed by atoms with van der Waals surface area (Å²) >= 11 is 0. The third-order valence-corrected chi connectivity index (χ3v) is 4.71. The van der Waals surface area contributed by atoms with Gasteiger partial charge in [-0.1, -0.05) is 12.1 Å². The zero-order chi connectivity index (χ0) is 12.6. The fraction of sp³-hybridized carbons (Fsp3) is 0.600. The number of likely N-dealkylation sites (tertiary alicyclic amines) is 1. The van der Waals surface area contributed by atoms with Crippen molar-refractivity contribution in [1.29, 1.82) is 0 Å². The first-order valence-electron chi connectivity index (χ1n) is 6.84. The summed E-state index contributed by atoms with van der Waals surface area (Å²) in [5.41, 5.74) is 1.52. The first-order valence-corrected chi connectivity index (χ1v) is 6.84. The Morgan fingerprint density at radius 1 is 1.39 bits per heavy atom. The van der Waals surface area contributed by atoms with Gasteiger partial charge in [0.2, 0.25) is 0 Å². The van der Waals surface area contributed by atoms with Crippen molar-refractivity contribution in [3.63, 3.8) is 0 Å². The zero-order valence-electron chi connectivity index (χ0n) is 11.0. The predicted molar refractivity (Wildman–Crippen MR) is 71.2 cm³/mol. The zero-order valence-corrected chi connectivity index (χ0v) is 11.0. The smallest absolute Gasteiger partial charge is 0.123 e. The molecule has 0 radical (unpaired) electrons. The largest absolute Gasteiger partial charge is 0.316 e. The number of hydrogen-bond donors (Lipinski definition) is 1. The second kappa shape index (κ2) is 4.63. The molecule has 2 atom stereocenters. The van der Waals surface area contributed by atoms with Crippen molar-refractivity contribution in [2.45, 2.75) is 18.8 Å². The van der Waals surface area contributed by atoms with Crippen LogP contribution in [0.15, 0.2) is 24.3 Å². The Morgan fingerprint density at radius 3 is 3.00 bits per heavy atom. The highest BCUT2D eigenvalue weighted by Crippen LogP contribution is 2.47. The van der Waals surface area contributed by atoms with E-state index in [9.17, 15) is 4.39 Å². The molecule has 3 heteroatoms. The lowest BCUT2D eigenvalue weighted by Gasteiger charge is -2.42. The average Bonchev–Trinajstić information content (AvgIpc) is 2.72. The van der Waals surface area contributed by atoms with E-state index < -0.39 is 0 Å². The van der Waals surface area contributed by atoms with E-state index in [4.69, 9.17) is 0 Å². The van der Waals surface area contributed by atoms with Crippen LogP contribution in [-0.4, -0.2) is 38.1 Å². The van der Waals surface area contributed by atoms with E-state index in [0.29, 0.717) is 11.3 Å². The molecular formula is C15H21FN2. The van der Waals surface area contributed by atoms with Crippen molar-refractivity contribution < 1.29 is 4.39 Å². The molecule has 0 amide bonds. The molecule has 1 aromatic carbocycles. The third-order valence-electron chi connectivity index (χ3n) is 4.71. The van der Waals surface area contributed by atoms with Gasteiger partial charge in [0.1, 0.15) is 5.82 Å². The second-order valence-electron chi connectivity index (χ2n) is 5.91. The molecule has 0 aliphatic carbocycles. The van der Waals surface area contributed by atoms with Crippen LogP contribution in [0.3, 0.4) is 0 Å². The van der Waals surface area contributed by atoms with Crippen LogP contribution in [-0.2, 0) is 0 Å². The molecule has 98 valence electrons. The molecule has 18 heavy (non-hydrogen) atoms. The van der Waals surface area contributed by atoms with Gasteiger partial charge in [0, 0.05) is 19.0 Å². The maximum Gasteiger partial charge on any atom is 0.123 e. The van der Waals surface area contributed by atoms with Crippen molar-refractivity contribution in [3.8, 4) is 0 Å². The predicted octanol–water partition coefficient (Wildman–Crippen LogP) is 2.22. The summed E-state index contributed by atoms with van der Waals surface area (Å²) in [6.45, 7) is 4.40. The molecule has 2 nitrogen and oxygen atoms in total. The van der Waals surface area contributed by atoms with Crippen molar-refractivity contribution >= 4 is 0 Å². The standard InChI is InChI=1S/C15H21FN2/c1-18-8-6-15(11-18)5-7-17-10-14(15)12-3-2-4-13(16)9-12/h2-4,9,14,17H,5-8,10-11H2,1H3. The number of nitrogens with one attached hydrogen (secondary N) is 1. The molecule has 2 unspecified atom stereocenters. The second-order valence-corrected chi connectivity index (χ2v) is 5.91. The van der Waals surface area contributed by atoms with E-state index in [2.05, 4.69) is 23.3 Å². The maximum absolute atomic E-state index is 13.4. The number of hydrogen-bond acceptors (Lipinski definition) is 2. The van der Waals surface area contributed by atoms with Crippen molar-refractivity contribution in [2.24, 2.45) is 5.41 Å². The molecule has 2 aliphatic rings. The Kier molecular flexibility index (Phi) is 3.12. The number of halogens is 1. The van der Waals surface area contributed by atoms with Gasteiger partial charge in [0.05, 0.1) is 0 Å². The lowest BCUT2D eigenvalue weighted by molar-refractivity contribution is 0.170. The fourth-order valence-corrected chi connectivity index (χ4v) is 3.77. The molecule has 2 heterocycles. The normalized spacial score (nSPS) is 33.1. The van der Waals surface area contributed by atoms with Gasteiger partial charge >= 0.3 is 0 Å². The summed E-state index contributed by atoms with van der Waals surface area (Å²) in [5, 5.41) is 3.48. The van der Waals surface area contributed by atoms with E-state index >= 15 is 0 Å². The number of piperidine rings is 1. The minimum absolute atomic E-state index is 0.112. The first kappa shape index (κ1) is 12.1. The summed E-state index contributed by atoms with van der Waals surface area (Å²) in [4.78, 5) is 2.41. The van der Waals surface area contributed by atoms with Gasteiger partial charge in [-0.15, -0.1) is 0 Å². The van der Waals surface area contributed by atoms with Gasteiger partial charge in [-0.25, -0.2) is 4.39 Å². The highest BCUT2D eigenvalue weighted by molar-refractivity contribution is 5.25. The van der Waals surface area contributed by atoms with Crippen LogP contribution in [0.5, 0.6) is 0 Å². The Labute approximate surface area is 108 Å². The van der Waals surface area contributed by atoms with Crippen LogP contribution in [0, 0.1) is 11.2 Å². The van der Waals surface area contributed by atoms with Gasteiger partial charge in [-0.3, -0.25) is 0 Å². The van der Waals surface area contributed by atoms with Gasteiger partial charge in [-0.2, -0.15) is 0 Å². The minimum atomic E-state index is -0.112. The van der Waals surface area contributed by atoms with Crippen LogP contribution < -0.4 is 5.32 Å². The summed E-state index contributed by atoms with van der Waals surface area (Å²) in [7, 11) is 2.19. The Bertz CT molecular complexity index is 430. The highest BCUT2D eigenvalue weighted by Gasteiger charge is 2.45. The number of nitrogens with zero attached hydrogens (tertiary/aromatic N) is 1. The Hall–Kier alpha value is -0.930. The maximum atomic E-state index is 13.4. The molecule has 0 saturated carbocycles. The monoisotopic (exact) mass is 248 g/mol. The van der Waals surface area contributed by atoms with Crippen LogP contribution in [0.1, 0.15) is 24.3 Å². The van der Waals surface area contributed by atoms with E-state index in [1.54, 1.807) is 6.07 Å². The summed E-state index contributed by atoms with van der Waals surface area (Å²) in [6, 6.07) is 7.18. The summed E-state index contributed by atoms with van der Waals surface area (Å²) < 4.78 is 13.4. The summed E-state index contributed by atoms with van der Waals surface area (Å²) in [5.74, 6) is 0.339. The molecule has 1 aromatic rings. The van der Waals surface area contributed by atoms with Gasteiger partial charge < -0.3 is 10.2 Å². The minimum Gasteiger partial charge on any atom is -0.316 e. The van der Waals surface area contributed by atoms with Crippen LogP contribution in [0.25, 0.3) is 0 Å². The molecule has 2 fully saturated rings. The van der Waals surface area contributed by atoms with Crippen molar-refractivity contribution in [3.05, 3.63) is 35.6 Å². The molecule has 0 aromatic heterocycles. The van der Waals surface area contributed by atoms with Crippen LogP contribution in [0.4, 0.5) is 4.39 Å². The van der Waals surface area contributed by atoms with E-state index in [0.717, 1.165) is 25.2 Å². The SMILES string of the molecule is CN1CCC2(CCNCC2c2cccc(F)c2)C1. The summed E-state index contributed by atoms with van der Waals surface area (Å²) in [6.07, 6.45) is 2.45. The third kappa shape index (κ3) is 2.06. The first-order chi connectivity index (χ1) is 8.70. The average molecular weight is 248 g/mol. The van der Waals surface area contributed by atoms with Gasteiger partial charge in [-0.05, 0) is 56.1 Å². The quantitative estimate of drug-likeness (QED) is 0.820. The molecule has 2 saturated heterocycles.